The van der Waals surface area contributed by atoms with Crippen molar-refractivity contribution in [2.24, 2.45) is 5.73 Å². The van der Waals surface area contributed by atoms with Gasteiger partial charge < -0.3 is 15.8 Å². The van der Waals surface area contributed by atoms with E-state index >= 15 is 0 Å². The van der Waals surface area contributed by atoms with Gasteiger partial charge in [0, 0.05) is 5.56 Å². The normalized spacial score (nSPS) is 26.9. The van der Waals surface area contributed by atoms with E-state index in [1.165, 1.54) is 0 Å². The number of fused-ring (bicyclic) bond motifs is 2. The van der Waals surface area contributed by atoms with Crippen molar-refractivity contribution in [1.29, 1.82) is 0 Å². The van der Waals surface area contributed by atoms with Crippen molar-refractivity contribution in [3.05, 3.63) is 35.4 Å². The Bertz CT molecular complexity index is 573. The summed E-state index contributed by atoms with van der Waals surface area (Å²) in [6, 6.07) is 7.49. The monoisotopic (exact) mass is 270 g/mol. The molecule has 3 atom stereocenters. The minimum atomic E-state index is -0.0759. The molecule has 20 heavy (non-hydrogen) atoms. The Kier molecular flexibility index (Phi) is 3.72. The molecular formula is C16H18N2O2. The Morgan fingerprint density at radius 2 is 2.25 bits per heavy atom. The molecule has 2 saturated heterocycles. The van der Waals surface area contributed by atoms with Gasteiger partial charge >= 0.3 is 0 Å². The molecule has 2 aliphatic heterocycles. The highest BCUT2D eigenvalue weighted by atomic mass is 16.5. The second kappa shape index (κ2) is 5.66. The highest BCUT2D eigenvalue weighted by Gasteiger charge is 2.41. The maximum atomic E-state index is 12.4. The summed E-state index contributed by atoms with van der Waals surface area (Å²) in [6.45, 7) is 0.288. The fourth-order valence-electron chi connectivity index (χ4n) is 2.97. The fourth-order valence-corrected chi connectivity index (χ4v) is 2.97. The number of rotatable bonds is 2. The van der Waals surface area contributed by atoms with E-state index in [9.17, 15) is 4.79 Å². The molecule has 0 spiro atoms. The van der Waals surface area contributed by atoms with E-state index < -0.39 is 0 Å². The van der Waals surface area contributed by atoms with Gasteiger partial charge in [0.05, 0.1) is 30.4 Å². The van der Waals surface area contributed by atoms with Gasteiger partial charge in [0.15, 0.2) is 0 Å². The molecule has 4 heteroatoms. The van der Waals surface area contributed by atoms with E-state index in [-0.39, 0.29) is 24.6 Å². The van der Waals surface area contributed by atoms with Gasteiger partial charge in [-0.2, -0.15) is 0 Å². The summed E-state index contributed by atoms with van der Waals surface area (Å²) in [5, 5.41) is 3.08. The van der Waals surface area contributed by atoms with Crippen molar-refractivity contribution >= 4 is 5.91 Å². The standard InChI is InChI=1S/C16H18N2O2/c17-9-3-5-11-4-1-2-6-13(11)16(19)18-14-10-12-7-8-15(14)20-12/h1-2,4,6,12,14-15H,7-10,17H2,(H,18,19). The minimum Gasteiger partial charge on any atom is -0.373 e. The smallest absolute Gasteiger partial charge is 0.252 e. The molecule has 2 aliphatic rings. The van der Waals surface area contributed by atoms with Crippen LogP contribution >= 0.6 is 0 Å². The predicted octanol–water partition coefficient (Wildman–Crippen LogP) is 1.05. The van der Waals surface area contributed by atoms with Gasteiger partial charge in [0.2, 0.25) is 0 Å². The quantitative estimate of drug-likeness (QED) is 0.789. The van der Waals surface area contributed by atoms with Crippen LogP contribution in [0.3, 0.4) is 0 Å². The molecule has 2 heterocycles. The molecule has 1 aromatic rings. The van der Waals surface area contributed by atoms with Gasteiger partial charge in [-0.25, -0.2) is 0 Å². The summed E-state index contributed by atoms with van der Waals surface area (Å²) in [6.07, 6.45) is 3.61. The summed E-state index contributed by atoms with van der Waals surface area (Å²) < 4.78 is 5.76. The Balaban J connectivity index is 1.74. The van der Waals surface area contributed by atoms with Gasteiger partial charge in [0.25, 0.3) is 5.91 Å². The third-order valence-electron chi connectivity index (χ3n) is 3.92. The molecule has 1 amide bonds. The lowest BCUT2D eigenvalue weighted by Gasteiger charge is -2.20. The number of hydrogen-bond donors (Lipinski definition) is 2. The maximum Gasteiger partial charge on any atom is 0.252 e. The van der Waals surface area contributed by atoms with Crippen molar-refractivity contribution in [3.63, 3.8) is 0 Å². The molecular weight excluding hydrogens is 252 g/mol. The summed E-state index contributed by atoms with van der Waals surface area (Å²) in [5.74, 6) is 5.66. The molecule has 0 aromatic heterocycles. The van der Waals surface area contributed by atoms with Crippen molar-refractivity contribution in [1.82, 2.24) is 5.32 Å². The first-order chi connectivity index (χ1) is 9.78. The second-order valence-corrected chi connectivity index (χ2v) is 5.24. The Morgan fingerprint density at radius 1 is 1.40 bits per heavy atom. The second-order valence-electron chi connectivity index (χ2n) is 5.24. The van der Waals surface area contributed by atoms with Crippen LogP contribution in [0.1, 0.15) is 35.2 Å². The molecule has 0 radical (unpaired) electrons. The number of amides is 1. The molecule has 2 fully saturated rings. The number of carbonyl (C=O) groups is 1. The highest BCUT2D eigenvalue weighted by molar-refractivity contribution is 5.97. The summed E-state index contributed by atoms with van der Waals surface area (Å²) in [4.78, 5) is 12.4. The third kappa shape index (κ3) is 2.55. The van der Waals surface area contributed by atoms with Crippen LogP contribution in [-0.4, -0.2) is 30.7 Å². The molecule has 3 unspecified atom stereocenters. The van der Waals surface area contributed by atoms with Gasteiger partial charge in [-0.15, -0.1) is 0 Å². The fraction of sp³-hybridized carbons (Fsp3) is 0.438. The first kappa shape index (κ1) is 13.2. The van der Waals surface area contributed by atoms with Crippen molar-refractivity contribution in [3.8, 4) is 11.8 Å². The molecule has 4 nitrogen and oxygen atoms in total. The highest BCUT2D eigenvalue weighted by Crippen LogP contribution is 2.34. The number of hydrogen-bond acceptors (Lipinski definition) is 3. The zero-order chi connectivity index (χ0) is 13.9. The van der Waals surface area contributed by atoms with E-state index in [2.05, 4.69) is 17.2 Å². The maximum absolute atomic E-state index is 12.4. The Hall–Kier alpha value is -1.83. The van der Waals surface area contributed by atoms with Crippen molar-refractivity contribution in [2.75, 3.05) is 6.54 Å². The lowest BCUT2D eigenvalue weighted by Crippen LogP contribution is -2.41. The van der Waals surface area contributed by atoms with Gasteiger partial charge in [-0.3, -0.25) is 4.79 Å². The number of ether oxygens (including phenoxy) is 1. The van der Waals surface area contributed by atoms with E-state index in [1.807, 2.05) is 18.2 Å². The molecule has 104 valence electrons. The number of nitrogens with one attached hydrogen (secondary N) is 1. The Morgan fingerprint density at radius 3 is 2.95 bits per heavy atom. The lowest BCUT2D eigenvalue weighted by molar-refractivity contribution is 0.0840. The average molecular weight is 270 g/mol. The zero-order valence-electron chi connectivity index (χ0n) is 11.3. The Labute approximate surface area is 118 Å². The van der Waals surface area contributed by atoms with Crippen molar-refractivity contribution < 1.29 is 9.53 Å². The minimum absolute atomic E-state index is 0.0759. The summed E-state index contributed by atoms with van der Waals surface area (Å²) in [7, 11) is 0. The topological polar surface area (TPSA) is 64.4 Å². The average Bonchev–Trinajstić information content (AvgIpc) is 3.08. The van der Waals surface area contributed by atoms with Crippen LogP contribution in [0.5, 0.6) is 0 Å². The molecule has 3 rings (SSSR count). The van der Waals surface area contributed by atoms with Crippen LogP contribution in [0.15, 0.2) is 24.3 Å². The molecule has 1 aromatic carbocycles. The number of nitrogens with two attached hydrogens (primary N) is 1. The van der Waals surface area contributed by atoms with Crippen molar-refractivity contribution in [2.45, 2.75) is 37.5 Å². The molecule has 0 aliphatic carbocycles. The number of carbonyl (C=O) groups excluding carboxylic acids is 1. The SMILES string of the molecule is NCC#Cc1ccccc1C(=O)NC1CC2CCC1O2. The molecule has 3 N–H and O–H groups in total. The number of benzene rings is 1. The van der Waals surface area contributed by atoms with Crippen LogP contribution in [-0.2, 0) is 4.74 Å². The third-order valence-corrected chi connectivity index (χ3v) is 3.92. The summed E-state index contributed by atoms with van der Waals surface area (Å²) >= 11 is 0. The van der Waals surface area contributed by atoms with Crippen LogP contribution in [0.4, 0.5) is 0 Å². The van der Waals surface area contributed by atoms with Gasteiger partial charge in [-0.05, 0) is 31.4 Å². The van der Waals surface area contributed by atoms with E-state index in [1.54, 1.807) is 6.07 Å². The van der Waals surface area contributed by atoms with E-state index in [0.717, 1.165) is 24.8 Å². The summed E-state index contributed by atoms with van der Waals surface area (Å²) in [5.41, 5.74) is 6.71. The van der Waals surface area contributed by atoms with Crippen LogP contribution in [0, 0.1) is 11.8 Å². The predicted molar refractivity (Wildman–Crippen MR) is 76.1 cm³/mol. The molecule has 0 saturated carbocycles. The van der Waals surface area contributed by atoms with Crippen LogP contribution < -0.4 is 11.1 Å². The van der Waals surface area contributed by atoms with E-state index in [4.69, 9.17) is 10.5 Å². The van der Waals surface area contributed by atoms with Crippen LogP contribution in [0.25, 0.3) is 0 Å². The van der Waals surface area contributed by atoms with E-state index in [0.29, 0.717) is 11.7 Å². The first-order valence-corrected chi connectivity index (χ1v) is 7.02. The first-order valence-electron chi connectivity index (χ1n) is 7.02. The van der Waals surface area contributed by atoms with Crippen LogP contribution in [0.2, 0.25) is 0 Å². The molecule has 2 bridgehead atoms. The lowest BCUT2D eigenvalue weighted by atomic mass is 9.95. The van der Waals surface area contributed by atoms with Gasteiger partial charge in [0.1, 0.15) is 0 Å². The largest absolute Gasteiger partial charge is 0.373 e. The zero-order valence-corrected chi connectivity index (χ0v) is 11.3. The van der Waals surface area contributed by atoms with Gasteiger partial charge in [-0.1, -0.05) is 24.0 Å².